The Hall–Kier alpha value is -1.17. The Morgan fingerprint density at radius 3 is 2.50 bits per heavy atom. The van der Waals surface area contributed by atoms with Gasteiger partial charge < -0.3 is 15.3 Å². The Bertz CT molecular complexity index is 917. The SMILES string of the molecule is CC(Nc1cc(N2CCN([C@@H]3CCCC(CO)C3)CC2)ccc1Cl)c1ccc(Cl)cc1Cl. The molecule has 2 N–H and O–H groups in total. The highest BCUT2D eigenvalue weighted by Crippen LogP contribution is 2.34. The summed E-state index contributed by atoms with van der Waals surface area (Å²) in [5, 5.41) is 15.0. The Morgan fingerprint density at radius 2 is 1.78 bits per heavy atom. The monoisotopic (exact) mass is 495 g/mol. The van der Waals surface area contributed by atoms with Crippen LogP contribution in [0.15, 0.2) is 36.4 Å². The van der Waals surface area contributed by atoms with Crippen molar-refractivity contribution in [3.63, 3.8) is 0 Å². The third kappa shape index (κ3) is 5.66. The van der Waals surface area contributed by atoms with E-state index >= 15 is 0 Å². The standard InChI is InChI=1S/C25H32Cl3N3O/c1-17(22-7-5-19(26)14-24(22)28)29-25-15-21(6-8-23(25)27)31-11-9-30(10-12-31)20-4-2-3-18(13-20)16-32/h5-8,14-15,17-18,20,29,32H,2-4,9-13,16H2,1H3/t17?,18?,20-/m1/s1. The van der Waals surface area contributed by atoms with Crippen LogP contribution in [0.2, 0.25) is 15.1 Å². The van der Waals surface area contributed by atoms with E-state index in [4.69, 9.17) is 34.8 Å². The van der Waals surface area contributed by atoms with E-state index in [0.717, 1.165) is 43.9 Å². The van der Waals surface area contributed by atoms with Crippen LogP contribution < -0.4 is 10.2 Å². The first-order valence-electron chi connectivity index (χ1n) is 11.6. The van der Waals surface area contributed by atoms with Crippen LogP contribution >= 0.6 is 34.8 Å². The summed E-state index contributed by atoms with van der Waals surface area (Å²) in [6.07, 6.45) is 4.80. The van der Waals surface area contributed by atoms with Crippen LogP contribution in [0.3, 0.4) is 0 Å². The molecule has 3 atom stereocenters. The zero-order chi connectivity index (χ0) is 22.7. The van der Waals surface area contributed by atoms with Crippen LogP contribution in [0.5, 0.6) is 0 Å². The average Bonchev–Trinajstić information content (AvgIpc) is 2.80. The van der Waals surface area contributed by atoms with Gasteiger partial charge >= 0.3 is 0 Å². The fraction of sp³-hybridized carbons (Fsp3) is 0.520. The Labute approximate surface area is 206 Å². The third-order valence-corrected chi connectivity index (χ3v) is 7.85. The minimum absolute atomic E-state index is 0.00450. The predicted molar refractivity (Wildman–Crippen MR) is 137 cm³/mol. The van der Waals surface area contributed by atoms with Gasteiger partial charge in [0.2, 0.25) is 0 Å². The van der Waals surface area contributed by atoms with Crippen molar-refractivity contribution in [1.82, 2.24) is 4.90 Å². The first kappa shape index (κ1) is 24.0. The van der Waals surface area contributed by atoms with Crippen molar-refractivity contribution in [2.45, 2.75) is 44.7 Å². The van der Waals surface area contributed by atoms with E-state index in [-0.39, 0.29) is 6.04 Å². The van der Waals surface area contributed by atoms with Gasteiger partial charge in [0.15, 0.2) is 0 Å². The lowest BCUT2D eigenvalue weighted by atomic mass is 9.85. The van der Waals surface area contributed by atoms with Crippen LogP contribution in [0.4, 0.5) is 11.4 Å². The molecule has 7 heteroatoms. The number of aliphatic hydroxyl groups excluding tert-OH is 1. The van der Waals surface area contributed by atoms with Crippen molar-refractivity contribution in [2.75, 3.05) is 43.0 Å². The molecule has 32 heavy (non-hydrogen) atoms. The van der Waals surface area contributed by atoms with Crippen molar-refractivity contribution < 1.29 is 5.11 Å². The van der Waals surface area contributed by atoms with E-state index < -0.39 is 0 Å². The molecule has 2 aromatic carbocycles. The summed E-state index contributed by atoms with van der Waals surface area (Å²) in [7, 11) is 0. The molecule has 4 rings (SSSR count). The van der Waals surface area contributed by atoms with Crippen molar-refractivity contribution in [3.8, 4) is 0 Å². The van der Waals surface area contributed by atoms with Gasteiger partial charge in [-0.3, -0.25) is 4.90 Å². The zero-order valence-electron chi connectivity index (χ0n) is 18.5. The summed E-state index contributed by atoms with van der Waals surface area (Å²) in [5.41, 5.74) is 3.07. The zero-order valence-corrected chi connectivity index (χ0v) is 20.8. The first-order chi connectivity index (χ1) is 15.4. The number of piperazine rings is 1. The molecule has 1 heterocycles. The van der Waals surface area contributed by atoms with Gasteiger partial charge in [-0.05, 0) is 68.0 Å². The van der Waals surface area contributed by atoms with Gasteiger partial charge in [0.25, 0.3) is 0 Å². The van der Waals surface area contributed by atoms with Crippen LogP contribution in [0.25, 0.3) is 0 Å². The van der Waals surface area contributed by atoms with Crippen molar-refractivity contribution in [1.29, 1.82) is 0 Å². The molecule has 2 unspecified atom stereocenters. The topological polar surface area (TPSA) is 38.7 Å². The first-order valence-corrected chi connectivity index (χ1v) is 12.7. The van der Waals surface area contributed by atoms with E-state index in [2.05, 4.69) is 34.2 Å². The highest BCUT2D eigenvalue weighted by molar-refractivity contribution is 6.35. The van der Waals surface area contributed by atoms with Crippen LogP contribution in [-0.2, 0) is 0 Å². The number of rotatable bonds is 6. The van der Waals surface area contributed by atoms with Gasteiger partial charge in [-0.25, -0.2) is 0 Å². The van der Waals surface area contributed by atoms with E-state index in [1.165, 1.54) is 24.9 Å². The molecule has 1 aliphatic carbocycles. The molecule has 2 aliphatic rings. The molecule has 0 aromatic heterocycles. The van der Waals surface area contributed by atoms with Crippen molar-refractivity contribution >= 4 is 46.2 Å². The van der Waals surface area contributed by atoms with Gasteiger partial charge in [-0.2, -0.15) is 0 Å². The van der Waals surface area contributed by atoms with Crippen molar-refractivity contribution in [3.05, 3.63) is 57.0 Å². The lowest BCUT2D eigenvalue weighted by molar-refractivity contribution is 0.0961. The van der Waals surface area contributed by atoms with Crippen LogP contribution in [0, 0.1) is 5.92 Å². The van der Waals surface area contributed by atoms with Crippen LogP contribution in [0.1, 0.15) is 44.2 Å². The molecule has 174 valence electrons. The van der Waals surface area contributed by atoms with Gasteiger partial charge in [-0.15, -0.1) is 0 Å². The summed E-state index contributed by atoms with van der Waals surface area (Å²) in [6.45, 7) is 6.52. The molecule has 0 amide bonds. The molecule has 1 saturated carbocycles. The molecule has 0 spiro atoms. The predicted octanol–water partition coefficient (Wildman–Crippen LogP) is 6.49. The lowest BCUT2D eigenvalue weighted by Gasteiger charge is -2.43. The normalized spacial score (nSPS) is 23.2. The van der Waals surface area contributed by atoms with Gasteiger partial charge in [0, 0.05) is 54.6 Å². The number of halogens is 3. The maximum absolute atomic E-state index is 9.55. The van der Waals surface area contributed by atoms with E-state index in [1.807, 2.05) is 18.2 Å². The van der Waals surface area contributed by atoms with E-state index in [0.29, 0.717) is 33.6 Å². The van der Waals surface area contributed by atoms with Crippen molar-refractivity contribution in [2.24, 2.45) is 5.92 Å². The molecule has 1 saturated heterocycles. The number of nitrogens with one attached hydrogen (secondary N) is 1. The second kappa shape index (κ2) is 10.8. The lowest BCUT2D eigenvalue weighted by Crippen LogP contribution is -2.51. The van der Waals surface area contributed by atoms with E-state index in [1.54, 1.807) is 6.07 Å². The second-order valence-corrected chi connectivity index (χ2v) is 10.3. The number of hydrogen-bond donors (Lipinski definition) is 2. The fourth-order valence-corrected chi connectivity index (χ4v) is 5.83. The quantitative estimate of drug-likeness (QED) is 0.479. The number of hydrogen-bond acceptors (Lipinski definition) is 4. The molecular formula is C25H32Cl3N3O. The smallest absolute Gasteiger partial charge is 0.0639 e. The summed E-state index contributed by atoms with van der Waals surface area (Å²) >= 11 is 19.0. The molecule has 1 aliphatic heterocycles. The summed E-state index contributed by atoms with van der Waals surface area (Å²) in [6, 6.07) is 12.4. The second-order valence-electron chi connectivity index (χ2n) is 9.09. The summed E-state index contributed by atoms with van der Waals surface area (Å²) in [4.78, 5) is 5.06. The highest BCUT2D eigenvalue weighted by atomic mass is 35.5. The van der Waals surface area contributed by atoms with Gasteiger partial charge in [0.1, 0.15) is 0 Å². The minimum atomic E-state index is -0.00450. The maximum atomic E-state index is 9.55. The maximum Gasteiger partial charge on any atom is 0.0639 e. The van der Waals surface area contributed by atoms with Gasteiger partial charge in [-0.1, -0.05) is 47.3 Å². The number of aliphatic hydroxyl groups is 1. The number of anilines is 2. The molecule has 0 radical (unpaired) electrons. The van der Waals surface area contributed by atoms with Gasteiger partial charge in [0.05, 0.1) is 16.8 Å². The summed E-state index contributed by atoms with van der Waals surface area (Å²) in [5.74, 6) is 0.479. The molecule has 4 nitrogen and oxygen atoms in total. The average molecular weight is 497 g/mol. The van der Waals surface area contributed by atoms with Crippen LogP contribution in [-0.4, -0.2) is 48.8 Å². The largest absolute Gasteiger partial charge is 0.396 e. The Balaban J connectivity index is 1.39. The molecule has 0 bridgehead atoms. The molecule has 2 fully saturated rings. The number of nitrogens with zero attached hydrogens (tertiary/aromatic N) is 2. The Kier molecular flexibility index (Phi) is 8.12. The summed E-state index contributed by atoms with van der Waals surface area (Å²) < 4.78 is 0. The highest BCUT2D eigenvalue weighted by Gasteiger charge is 2.29. The fourth-order valence-electron chi connectivity index (χ4n) is 5.09. The van der Waals surface area contributed by atoms with E-state index in [9.17, 15) is 5.11 Å². The third-order valence-electron chi connectivity index (χ3n) is 6.96. The number of benzene rings is 2. The molecular weight excluding hydrogens is 465 g/mol. The Morgan fingerprint density at radius 1 is 1.00 bits per heavy atom. The molecule has 2 aromatic rings. The minimum Gasteiger partial charge on any atom is -0.396 e.